The van der Waals surface area contributed by atoms with Crippen LogP contribution in [0.5, 0.6) is 11.5 Å². The third-order valence-electron chi connectivity index (χ3n) is 4.08. The van der Waals surface area contributed by atoms with E-state index in [-0.39, 0.29) is 0 Å². The Bertz CT molecular complexity index is 504. The van der Waals surface area contributed by atoms with E-state index in [2.05, 4.69) is 62.4 Å². The van der Waals surface area contributed by atoms with Crippen LogP contribution in [0.4, 0.5) is 0 Å². The van der Waals surface area contributed by atoms with Crippen LogP contribution < -0.4 is 9.47 Å². The molecule has 0 fully saturated rings. The lowest BCUT2D eigenvalue weighted by Crippen LogP contribution is -1.97. The molecule has 2 aromatic rings. The highest BCUT2D eigenvalue weighted by Gasteiger charge is 2.00. The minimum atomic E-state index is 0.803. The molecule has 2 nitrogen and oxygen atoms in total. The van der Waals surface area contributed by atoms with Gasteiger partial charge >= 0.3 is 0 Å². The molecule has 0 saturated heterocycles. The van der Waals surface area contributed by atoms with Crippen molar-refractivity contribution in [1.29, 1.82) is 0 Å². The molecule has 0 unspecified atom stereocenters. The maximum atomic E-state index is 5.76. The molecular weight excluding hydrogens is 296 g/mol. The average Bonchev–Trinajstić information content (AvgIpc) is 2.64. The number of unbranched alkanes of at least 4 members (excludes halogenated alkanes) is 4. The molecule has 0 aromatic heterocycles. The maximum absolute atomic E-state index is 5.76. The van der Waals surface area contributed by atoms with Crippen LogP contribution in [0.1, 0.15) is 52.4 Å². The quantitative estimate of drug-likeness (QED) is 0.439. The summed E-state index contributed by atoms with van der Waals surface area (Å²) in [5.74, 6) is 1.90. The predicted molar refractivity (Wildman–Crippen MR) is 102 cm³/mol. The molecule has 0 atom stereocenters. The standard InChI is InChI=1S/C22H30O2/c1-3-5-7-17-23-21-13-9-19(10-14-21)20-11-15-22(16-12-20)24-18-8-6-4-2/h9-16H,3-8,17-18H2,1-2H3. The zero-order chi connectivity index (χ0) is 17.0. The van der Waals surface area contributed by atoms with E-state index in [1.165, 1.54) is 36.8 Å². The fourth-order valence-electron chi connectivity index (χ4n) is 2.57. The molecule has 2 aromatic carbocycles. The van der Waals surface area contributed by atoms with Crippen LogP contribution in [-0.2, 0) is 0 Å². The monoisotopic (exact) mass is 326 g/mol. The van der Waals surface area contributed by atoms with Gasteiger partial charge in [0.2, 0.25) is 0 Å². The second-order valence-electron chi connectivity index (χ2n) is 6.16. The van der Waals surface area contributed by atoms with Gasteiger partial charge in [0.15, 0.2) is 0 Å². The van der Waals surface area contributed by atoms with Crippen molar-refractivity contribution >= 4 is 0 Å². The van der Waals surface area contributed by atoms with Crippen molar-refractivity contribution in [2.75, 3.05) is 13.2 Å². The van der Waals surface area contributed by atoms with Gasteiger partial charge in [-0.3, -0.25) is 0 Å². The van der Waals surface area contributed by atoms with Gasteiger partial charge in [-0.2, -0.15) is 0 Å². The Labute approximate surface area is 146 Å². The Morgan fingerprint density at radius 3 is 1.25 bits per heavy atom. The third kappa shape index (κ3) is 6.27. The van der Waals surface area contributed by atoms with E-state index in [1.54, 1.807) is 0 Å². The summed E-state index contributed by atoms with van der Waals surface area (Å²) in [6, 6.07) is 16.7. The molecule has 2 rings (SSSR count). The second kappa shape index (κ2) is 10.7. The van der Waals surface area contributed by atoms with E-state index in [9.17, 15) is 0 Å². The van der Waals surface area contributed by atoms with Gasteiger partial charge in [0.25, 0.3) is 0 Å². The van der Waals surface area contributed by atoms with E-state index in [1.807, 2.05) is 0 Å². The Kier molecular flexibility index (Phi) is 8.23. The molecular formula is C22H30O2. The fraction of sp³-hybridized carbons (Fsp3) is 0.455. The molecule has 0 aliphatic rings. The van der Waals surface area contributed by atoms with Crippen molar-refractivity contribution < 1.29 is 9.47 Å². The van der Waals surface area contributed by atoms with Gasteiger partial charge in [0.05, 0.1) is 13.2 Å². The summed E-state index contributed by atoms with van der Waals surface area (Å²) >= 11 is 0. The summed E-state index contributed by atoms with van der Waals surface area (Å²) in [5, 5.41) is 0. The van der Waals surface area contributed by atoms with Crippen molar-refractivity contribution in [3.63, 3.8) is 0 Å². The van der Waals surface area contributed by atoms with Crippen molar-refractivity contribution in [2.45, 2.75) is 52.4 Å². The van der Waals surface area contributed by atoms with Gasteiger partial charge in [-0.15, -0.1) is 0 Å². The molecule has 0 aliphatic carbocycles. The summed E-state index contributed by atoms with van der Waals surface area (Å²) in [5.41, 5.74) is 2.40. The van der Waals surface area contributed by atoms with Crippen LogP contribution >= 0.6 is 0 Å². The van der Waals surface area contributed by atoms with Crippen LogP contribution in [0.3, 0.4) is 0 Å². The number of hydrogen-bond acceptors (Lipinski definition) is 2. The highest BCUT2D eigenvalue weighted by Crippen LogP contribution is 2.25. The van der Waals surface area contributed by atoms with Crippen LogP contribution in [0.2, 0.25) is 0 Å². The molecule has 0 bridgehead atoms. The van der Waals surface area contributed by atoms with Gasteiger partial charge in [-0.05, 0) is 48.2 Å². The first-order chi connectivity index (χ1) is 11.8. The normalized spacial score (nSPS) is 10.6. The lowest BCUT2D eigenvalue weighted by molar-refractivity contribution is 0.306. The highest BCUT2D eigenvalue weighted by molar-refractivity contribution is 5.64. The fourth-order valence-corrected chi connectivity index (χ4v) is 2.57. The first-order valence-corrected chi connectivity index (χ1v) is 9.29. The van der Waals surface area contributed by atoms with Crippen LogP contribution in [0.25, 0.3) is 11.1 Å². The first-order valence-electron chi connectivity index (χ1n) is 9.29. The third-order valence-corrected chi connectivity index (χ3v) is 4.08. The van der Waals surface area contributed by atoms with E-state index in [4.69, 9.17) is 9.47 Å². The molecule has 0 spiro atoms. The van der Waals surface area contributed by atoms with Crippen molar-refractivity contribution in [3.8, 4) is 22.6 Å². The van der Waals surface area contributed by atoms with Gasteiger partial charge in [0, 0.05) is 0 Å². The Morgan fingerprint density at radius 1 is 0.542 bits per heavy atom. The molecule has 0 amide bonds. The van der Waals surface area contributed by atoms with Crippen molar-refractivity contribution in [2.24, 2.45) is 0 Å². The SMILES string of the molecule is CCCCCOc1ccc(-c2ccc(OCCCCC)cc2)cc1. The molecule has 0 heterocycles. The van der Waals surface area contributed by atoms with Crippen LogP contribution in [-0.4, -0.2) is 13.2 Å². The smallest absolute Gasteiger partial charge is 0.119 e. The van der Waals surface area contributed by atoms with E-state index in [0.29, 0.717) is 0 Å². The molecule has 0 N–H and O–H groups in total. The molecule has 0 aliphatic heterocycles. The topological polar surface area (TPSA) is 18.5 Å². The van der Waals surface area contributed by atoms with Crippen LogP contribution in [0.15, 0.2) is 48.5 Å². The molecule has 24 heavy (non-hydrogen) atoms. The van der Waals surface area contributed by atoms with Crippen LogP contribution in [0, 0.1) is 0 Å². The summed E-state index contributed by atoms with van der Waals surface area (Å²) in [7, 11) is 0. The predicted octanol–water partition coefficient (Wildman–Crippen LogP) is 6.49. The lowest BCUT2D eigenvalue weighted by atomic mass is 10.1. The zero-order valence-electron chi connectivity index (χ0n) is 15.1. The van der Waals surface area contributed by atoms with Gasteiger partial charge in [-0.1, -0.05) is 63.8 Å². The summed E-state index contributed by atoms with van der Waals surface area (Å²) < 4.78 is 11.5. The Morgan fingerprint density at radius 2 is 0.917 bits per heavy atom. The van der Waals surface area contributed by atoms with E-state index in [0.717, 1.165) is 37.6 Å². The Balaban J connectivity index is 1.84. The summed E-state index contributed by atoms with van der Waals surface area (Å²) in [6.45, 7) is 6.02. The summed E-state index contributed by atoms with van der Waals surface area (Å²) in [4.78, 5) is 0. The molecule has 0 saturated carbocycles. The Hall–Kier alpha value is -1.96. The maximum Gasteiger partial charge on any atom is 0.119 e. The van der Waals surface area contributed by atoms with E-state index < -0.39 is 0 Å². The van der Waals surface area contributed by atoms with Crippen molar-refractivity contribution in [1.82, 2.24) is 0 Å². The lowest BCUT2D eigenvalue weighted by Gasteiger charge is -2.09. The van der Waals surface area contributed by atoms with Gasteiger partial charge in [-0.25, -0.2) is 0 Å². The zero-order valence-corrected chi connectivity index (χ0v) is 15.1. The number of rotatable bonds is 11. The second-order valence-corrected chi connectivity index (χ2v) is 6.16. The molecule has 2 heteroatoms. The van der Waals surface area contributed by atoms with Gasteiger partial charge < -0.3 is 9.47 Å². The van der Waals surface area contributed by atoms with Gasteiger partial charge in [0.1, 0.15) is 11.5 Å². The average molecular weight is 326 g/mol. The highest BCUT2D eigenvalue weighted by atomic mass is 16.5. The largest absolute Gasteiger partial charge is 0.494 e. The minimum absolute atomic E-state index is 0.803. The molecule has 130 valence electrons. The summed E-state index contributed by atoms with van der Waals surface area (Å²) in [6.07, 6.45) is 7.15. The van der Waals surface area contributed by atoms with Crippen molar-refractivity contribution in [3.05, 3.63) is 48.5 Å². The first kappa shape index (κ1) is 18.4. The number of hydrogen-bond donors (Lipinski definition) is 0. The number of ether oxygens (including phenoxy) is 2. The minimum Gasteiger partial charge on any atom is -0.494 e. The number of benzene rings is 2. The molecule has 0 radical (unpaired) electrons. The van der Waals surface area contributed by atoms with E-state index >= 15 is 0 Å².